The number of hydrogen-bond donors (Lipinski definition) is 1. The first-order chi connectivity index (χ1) is 12.4. The molecular formula is C19H20Cl2N2O3. The average Bonchev–Trinajstić information content (AvgIpc) is 2.62. The van der Waals surface area contributed by atoms with Gasteiger partial charge in [0.25, 0.3) is 0 Å². The lowest BCUT2D eigenvalue weighted by molar-refractivity contribution is -0.133. The molecule has 138 valence electrons. The molecule has 0 bridgehead atoms. The summed E-state index contributed by atoms with van der Waals surface area (Å²) < 4.78 is 5.21. The lowest BCUT2D eigenvalue weighted by Crippen LogP contribution is -2.38. The van der Waals surface area contributed by atoms with Crippen LogP contribution < -0.4 is 10.1 Å². The van der Waals surface area contributed by atoms with E-state index in [1.54, 1.807) is 36.4 Å². The van der Waals surface area contributed by atoms with Crippen LogP contribution >= 0.6 is 23.2 Å². The van der Waals surface area contributed by atoms with E-state index >= 15 is 0 Å². The molecule has 2 aromatic rings. The van der Waals surface area contributed by atoms with Crippen LogP contribution in [0.1, 0.15) is 12.5 Å². The van der Waals surface area contributed by atoms with Gasteiger partial charge in [-0.1, -0.05) is 41.4 Å². The van der Waals surface area contributed by atoms with Crippen LogP contribution in [0.15, 0.2) is 42.5 Å². The molecule has 0 aromatic heterocycles. The van der Waals surface area contributed by atoms with Crippen LogP contribution in [0.3, 0.4) is 0 Å². The lowest BCUT2D eigenvalue weighted by atomic mass is 10.1. The highest BCUT2D eigenvalue weighted by Crippen LogP contribution is 2.23. The number of hydrogen-bond acceptors (Lipinski definition) is 3. The summed E-state index contributed by atoms with van der Waals surface area (Å²) in [6.07, 6.45) is 0.103. The topological polar surface area (TPSA) is 58.6 Å². The molecule has 0 heterocycles. The number of carbonyl (C=O) groups excluding carboxylic acids is 2. The molecule has 0 fully saturated rings. The zero-order valence-electron chi connectivity index (χ0n) is 14.6. The Kier molecular flexibility index (Phi) is 7.30. The van der Waals surface area contributed by atoms with Gasteiger partial charge in [-0.15, -0.1) is 0 Å². The van der Waals surface area contributed by atoms with Crippen LogP contribution in [0, 0.1) is 0 Å². The molecule has 0 aliphatic carbocycles. The van der Waals surface area contributed by atoms with Crippen molar-refractivity contribution in [2.24, 2.45) is 0 Å². The Labute approximate surface area is 162 Å². The second-order valence-electron chi connectivity index (χ2n) is 5.57. The van der Waals surface area contributed by atoms with Gasteiger partial charge in [0.05, 0.1) is 25.8 Å². The maximum absolute atomic E-state index is 12.5. The fourth-order valence-electron chi connectivity index (χ4n) is 2.43. The van der Waals surface area contributed by atoms with Crippen molar-refractivity contribution in [3.05, 3.63) is 58.1 Å². The minimum Gasteiger partial charge on any atom is -0.495 e. The molecule has 2 amide bonds. The van der Waals surface area contributed by atoms with Crippen LogP contribution in [0.5, 0.6) is 5.75 Å². The summed E-state index contributed by atoms with van der Waals surface area (Å²) in [6, 6.07) is 12.1. The highest BCUT2D eigenvalue weighted by atomic mass is 35.5. The minimum absolute atomic E-state index is 0.0570. The molecule has 7 heteroatoms. The van der Waals surface area contributed by atoms with Crippen molar-refractivity contribution in [3.8, 4) is 5.75 Å². The smallest absolute Gasteiger partial charge is 0.244 e. The van der Waals surface area contributed by atoms with Gasteiger partial charge in [0.15, 0.2) is 0 Å². The Morgan fingerprint density at radius 2 is 1.88 bits per heavy atom. The molecule has 2 rings (SSSR count). The second-order valence-corrected chi connectivity index (χ2v) is 6.41. The number of halogens is 2. The van der Waals surface area contributed by atoms with E-state index in [2.05, 4.69) is 5.32 Å². The van der Waals surface area contributed by atoms with Gasteiger partial charge >= 0.3 is 0 Å². The maximum Gasteiger partial charge on any atom is 0.244 e. The minimum atomic E-state index is -0.299. The van der Waals surface area contributed by atoms with E-state index in [0.717, 1.165) is 0 Å². The predicted octanol–water partition coefficient (Wildman–Crippen LogP) is 4.03. The first-order valence-electron chi connectivity index (χ1n) is 8.09. The molecular weight excluding hydrogens is 375 g/mol. The molecule has 0 radical (unpaired) electrons. The van der Waals surface area contributed by atoms with Crippen molar-refractivity contribution in [1.29, 1.82) is 0 Å². The number of nitrogens with one attached hydrogen (secondary N) is 1. The standard InChI is InChI=1S/C19H20Cl2N2O3/c1-3-23(19(25)10-13-8-9-14(20)11-15(13)21)12-18(24)22-16-6-4-5-7-17(16)26-2/h4-9,11H,3,10,12H2,1-2H3,(H,22,24). The maximum atomic E-state index is 12.5. The van der Waals surface area contributed by atoms with Gasteiger partial charge in [-0.25, -0.2) is 0 Å². The van der Waals surface area contributed by atoms with Gasteiger partial charge in [0, 0.05) is 16.6 Å². The summed E-state index contributed by atoms with van der Waals surface area (Å²) in [4.78, 5) is 26.3. The number of carbonyl (C=O) groups is 2. The highest BCUT2D eigenvalue weighted by molar-refractivity contribution is 6.35. The number of nitrogens with zero attached hydrogens (tertiary/aromatic N) is 1. The normalized spacial score (nSPS) is 10.3. The van der Waals surface area contributed by atoms with Crippen molar-refractivity contribution in [2.45, 2.75) is 13.3 Å². The number of anilines is 1. The first-order valence-corrected chi connectivity index (χ1v) is 8.84. The number of rotatable bonds is 7. The molecule has 0 unspecified atom stereocenters. The molecule has 0 aliphatic rings. The zero-order chi connectivity index (χ0) is 19.1. The summed E-state index contributed by atoms with van der Waals surface area (Å²) in [5, 5.41) is 3.70. The van der Waals surface area contributed by atoms with Gasteiger partial charge in [0.2, 0.25) is 11.8 Å². The first kappa shape index (κ1) is 20.1. The van der Waals surface area contributed by atoms with Crippen LogP contribution in [0.2, 0.25) is 10.0 Å². The van der Waals surface area contributed by atoms with E-state index < -0.39 is 0 Å². The predicted molar refractivity (Wildman–Crippen MR) is 104 cm³/mol. The van der Waals surface area contributed by atoms with E-state index in [1.165, 1.54) is 12.0 Å². The number of amides is 2. The largest absolute Gasteiger partial charge is 0.495 e. The molecule has 0 aliphatic heterocycles. The van der Waals surface area contributed by atoms with Crippen molar-refractivity contribution < 1.29 is 14.3 Å². The van der Waals surface area contributed by atoms with E-state index in [9.17, 15) is 9.59 Å². The number of para-hydroxylation sites is 2. The van der Waals surface area contributed by atoms with E-state index in [4.69, 9.17) is 27.9 Å². The quantitative estimate of drug-likeness (QED) is 0.770. The monoisotopic (exact) mass is 394 g/mol. The molecule has 2 aromatic carbocycles. The zero-order valence-corrected chi connectivity index (χ0v) is 16.1. The van der Waals surface area contributed by atoms with Gasteiger partial charge < -0.3 is 15.0 Å². The molecule has 0 saturated carbocycles. The third-order valence-electron chi connectivity index (χ3n) is 3.81. The van der Waals surface area contributed by atoms with Gasteiger partial charge in [0.1, 0.15) is 5.75 Å². The summed E-state index contributed by atoms with van der Waals surface area (Å²) in [5.41, 5.74) is 1.23. The summed E-state index contributed by atoms with van der Waals surface area (Å²) >= 11 is 12.0. The van der Waals surface area contributed by atoms with Crippen LogP contribution in [-0.2, 0) is 16.0 Å². The Morgan fingerprint density at radius 1 is 1.15 bits per heavy atom. The molecule has 0 spiro atoms. The van der Waals surface area contributed by atoms with Crippen molar-refractivity contribution in [3.63, 3.8) is 0 Å². The van der Waals surface area contributed by atoms with Crippen molar-refractivity contribution in [1.82, 2.24) is 4.90 Å². The molecule has 0 saturated heterocycles. The third kappa shape index (κ3) is 5.38. The average molecular weight is 395 g/mol. The summed E-state index contributed by atoms with van der Waals surface area (Å²) in [6.45, 7) is 2.17. The Hall–Kier alpha value is -2.24. The van der Waals surface area contributed by atoms with Crippen LogP contribution in [0.4, 0.5) is 5.69 Å². The molecule has 1 N–H and O–H groups in total. The summed E-state index contributed by atoms with van der Waals surface area (Å²) in [5.74, 6) is 0.0713. The highest BCUT2D eigenvalue weighted by Gasteiger charge is 2.18. The number of ether oxygens (including phenoxy) is 1. The summed E-state index contributed by atoms with van der Waals surface area (Å²) in [7, 11) is 1.53. The van der Waals surface area contributed by atoms with Crippen LogP contribution in [0.25, 0.3) is 0 Å². The van der Waals surface area contributed by atoms with E-state index in [0.29, 0.717) is 33.6 Å². The molecule has 26 heavy (non-hydrogen) atoms. The number of methoxy groups -OCH3 is 1. The number of likely N-dealkylation sites (N-methyl/N-ethyl adjacent to an activating group) is 1. The van der Waals surface area contributed by atoms with Gasteiger partial charge in [-0.2, -0.15) is 0 Å². The van der Waals surface area contributed by atoms with E-state index in [1.807, 2.05) is 13.0 Å². The third-order valence-corrected chi connectivity index (χ3v) is 4.39. The fourth-order valence-corrected chi connectivity index (χ4v) is 2.90. The van der Waals surface area contributed by atoms with Gasteiger partial charge in [-0.3, -0.25) is 9.59 Å². The Bertz CT molecular complexity index is 796. The van der Waals surface area contributed by atoms with Crippen molar-refractivity contribution >= 4 is 40.7 Å². The molecule has 0 atom stereocenters. The fraction of sp³-hybridized carbons (Fsp3) is 0.263. The van der Waals surface area contributed by atoms with Crippen LogP contribution in [-0.4, -0.2) is 36.9 Å². The Balaban J connectivity index is 2.01. The second kappa shape index (κ2) is 9.46. The van der Waals surface area contributed by atoms with E-state index in [-0.39, 0.29) is 24.8 Å². The Morgan fingerprint density at radius 3 is 2.54 bits per heavy atom. The van der Waals surface area contributed by atoms with Crippen molar-refractivity contribution in [2.75, 3.05) is 25.5 Å². The lowest BCUT2D eigenvalue weighted by Gasteiger charge is -2.21. The SMILES string of the molecule is CCN(CC(=O)Nc1ccccc1OC)C(=O)Cc1ccc(Cl)cc1Cl. The number of benzene rings is 2. The molecule has 5 nitrogen and oxygen atoms in total. The van der Waals surface area contributed by atoms with Gasteiger partial charge in [-0.05, 0) is 36.8 Å².